The number of carbonyl (C=O) groups excluding carboxylic acids is 2. The molecule has 3 aromatic rings. The van der Waals surface area contributed by atoms with E-state index < -0.39 is 37.4 Å². The molecular weight excluding hydrogens is 520 g/mol. The van der Waals surface area contributed by atoms with Crippen LogP contribution >= 0.6 is 0 Å². The number of rotatable bonds is 6. The third-order valence-corrected chi connectivity index (χ3v) is 8.12. The second-order valence-corrected chi connectivity index (χ2v) is 12.6. The van der Waals surface area contributed by atoms with Gasteiger partial charge in [-0.3, -0.25) is 9.59 Å². The lowest BCUT2D eigenvalue weighted by atomic mass is 10.1. The number of hydrogen-bond acceptors (Lipinski definition) is 10. The minimum Gasteiger partial charge on any atom is -0.507 e. The molecule has 0 radical (unpaired) electrons. The molecule has 0 saturated heterocycles. The predicted molar refractivity (Wildman–Crippen MR) is 137 cm³/mol. The molecule has 0 fully saturated rings. The molecule has 1 atom stereocenters. The number of ketones is 1. The molecule has 0 aromatic heterocycles. The van der Waals surface area contributed by atoms with Gasteiger partial charge in [-0.15, -0.1) is 0 Å². The fourth-order valence-corrected chi connectivity index (χ4v) is 5.48. The lowest BCUT2D eigenvalue weighted by Gasteiger charge is -2.12. The van der Waals surface area contributed by atoms with Gasteiger partial charge in [0.1, 0.15) is 11.5 Å². The van der Waals surface area contributed by atoms with Crippen LogP contribution in [0.4, 0.5) is 11.4 Å². The first-order valence-corrected chi connectivity index (χ1v) is 14.6. The number of nitrogens with zero attached hydrogens (tertiary/aromatic N) is 4. The van der Waals surface area contributed by atoms with Crippen LogP contribution in [0.15, 0.2) is 73.7 Å². The summed E-state index contributed by atoms with van der Waals surface area (Å²) in [5.41, 5.74) is 0.586. The van der Waals surface area contributed by atoms with Gasteiger partial charge < -0.3 is 5.11 Å². The molecule has 1 heterocycles. The van der Waals surface area contributed by atoms with E-state index in [-0.39, 0.29) is 38.2 Å². The monoisotopic (exact) mass is 542 g/mol. The second-order valence-electron chi connectivity index (χ2n) is 8.60. The van der Waals surface area contributed by atoms with E-state index in [4.69, 9.17) is 0 Å². The quantitative estimate of drug-likeness (QED) is 0.468. The molecule has 1 unspecified atom stereocenters. The van der Waals surface area contributed by atoms with Gasteiger partial charge in [0.25, 0.3) is 5.91 Å². The summed E-state index contributed by atoms with van der Waals surface area (Å²) in [4.78, 5) is 25.3. The van der Waals surface area contributed by atoms with E-state index in [0.29, 0.717) is 10.8 Å². The first kappa shape index (κ1) is 26.1. The van der Waals surface area contributed by atoms with E-state index in [0.717, 1.165) is 17.5 Å². The van der Waals surface area contributed by atoms with Crippen molar-refractivity contribution in [2.24, 2.45) is 15.3 Å². The molecule has 0 aliphatic carbocycles. The molecule has 3 aromatic carbocycles. The molecule has 11 nitrogen and oxygen atoms in total. The first-order valence-electron chi connectivity index (χ1n) is 10.8. The smallest absolute Gasteiger partial charge is 0.280 e. The lowest BCUT2D eigenvalue weighted by Crippen LogP contribution is -2.32. The highest BCUT2D eigenvalue weighted by molar-refractivity contribution is 7.91. The number of sulfone groups is 2. The summed E-state index contributed by atoms with van der Waals surface area (Å²) in [5.74, 6) is -1.32. The van der Waals surface area contributed by atoms with Gasteiger partial charge in [-0.2, -0.15) is 20.3 Å². The summed E-state index contributed by atoms with van der Waals surface area (Å²) in [7, 11) is -7.04. The Morgan fingerprint density at radius 1 is 1.00 bits per heavy atom. The van der Waals surface area contributed by atoms with Crippen LogP contribution in [0, 0.1) is 6.92 Å². The van der Waals surface area contributed by atoms with Crippen LogP contribution in [0.25, 0.3) is 10.8 Å². The van der Waals surface area contributed by atoms with Crippen molar-refractivity contribution in [2.75, 3.05) is 17.5 Å². The van der Waals surface area contributed by atoms with Crippen molar-refractivity contribution >= 4 is 59.2 Å². The van der Waals surface area contributed by atoms with E-state index >= 15 is 0 Å². The number of phenols is 1. The first-order chi connectivity index (χ1) is 17.2. The number of amides is 1. The maximum absolute atomic E-state index is 13.1. The Morgan fingerprint density at radius 3 is 2.22 bits per heavy atom. The fraction of sp³-hybridized carbons (Fsp3) is 0.208. The van der Waals surface area contributed by atoms with Crippen molar-refractivity contribution < 1.29 is 31.5 Å². The zero-order chi connectivity index (χ0) is 27.3. The van der Waals surface area contributed by atoms with E-state index in [1.807, 2.05) is 0 Å². The summed E-state index contributed by atoms with van der Waals surface area (Å²) in [5, 5.41) is 24.4. The van der Waals surface area contributed by atoms with E-state index in [1.165, 1.54) is 56.3 Å². The summed E-state index contributed by atoms with van der Waals surface area (Å²) < 4.78 is 47.6. The Labute approximate surface area is 213 Å². The standard InChI is InChI=1S/C24H22N4O7S2/c1-13-20(37(4,34)35)12-15-11-16(5-10-19(15)23(13)30)25-26-22-21(14(2)29)27-28(24(22)31)17-6-8-18(9-7-17)36(3,32)33/h5-12,22,30H,1-4H3. The average molecular weight is 543 g/mol. The average Bonchev–Trinajstić information content (AvgIpc) is 3.15. The summed E-state index contributed by atoms with van der Waals surface area (Å²) in [6.45, 7) is 2.74. The highest BCUT2D eigenvalue weighted by atomic mass is 32.2. The predicted octanol–water partition coefficient (Wildman–Crippen LogP) is 3.10. The van der Waals surface area contributed by atoms with Crippen LogP contribution in [0.2, 0.25) is 0 Å². The summed E-state index contributed by atoms with van der Waals surface area (Å²) >= 11 is 0. The topological polar surface area (TPSA) is 163 Å². The molecule has 13 heteroatoms. The molecule has 0 spiro atoms. The highest BCUT2D eigenvalue weighted by Gasteiger charge is 2.39. The third-order valence-electron chi connectivity index (χ3n) is 5.77. The Morgan fingerprint density at radius 2 is 1.65 bits per heavy atom. The van der Waals surface area contributed by atoms with Gasteiger partial charge in [-0.1, -0.05) is 0 Å². The van der Waals surface area contributed by atoms with Crippen LogP contribution < -0.4 is 5.01 Å². The fourth-order valence-electron chi connectivity index (χ4n) is 3.86. The number of hydrazone groups is 1. The van der Waals surface area contributed by atoms with Crippen molar-refractivity contribution in [3.05, 3.63) is 54.1 Å². The number of anilines is 1. The number of aromatic hydroxyl groups is 1. The van der Waals surface area contributed by atoms with E-state index in [1.54, 1.807) is 6.07 Å². The number of carbonyl (C=O) groups is 2. The highest BCUT2D eigenvalue weighted by Crippen LogP contribution is 2.35. The molecule has 0 saturated carbocycles. The molecule has 37 heavy (non-hydrogen) atoms. The van der Waals surface area contributed by atoms with Gasteiger partial charge in [-0.25, -0.2) is 16.8 Å². The minimum absolute atomic E-state index is 0.0268. The Bertz CT molecular complexity index is 1740. The van der Waals surface area contributed by atoms with Crippen LogP contribution in [0.5, 0.6) is 5.75 Å². The molecule has 1 amide bonds. The van der Waals surface area contributed by atoms with Crippen LogP contribution in [0.3, 0.4) is 0 Å². The number of hydrogen-bond donors (Lipinski definition) is 1. The van der Waals surface area contributed by atoms with Gasteiger partial charge >= 0.3 is 0 Å². The minimum atomic E-state index is -3.60. The molecule has 4 rings (SSSR count). The van der Waals surface area contributed by atoms with Gasteiger partial charge in [0.15, 0.2) is 31.5 Å². The second kappa shape index (κ2) is 9.16. The van der Waals surface area contributed by atoms with Crippen molar-refractivity contribution in [1.29, 1.82) is 0 Å². The van der Waals surface area contributed by atoms with E-state index in [2.05, 4.69) is 15.3 Å². The molecule has 0 bridgehead atoms. The largest absolute Gasteiger partial charge is 0.507 e. The third kappa shape index (κ3) is 5.00. The molecular formula is C24H22N4O7S2. The zero-order valence-electron chi connectivity index (χ0n) is 20.2. The number of azo groups is 1. The Hall–Kier alpha value is -3.97. The molecule has 1 aliphatic rings. The number of fused-ring (bicyclic) bond motifs is 1. The van der Waals surface area contributed by atoms with Crippen molar-refractivity contribution in [3.63, 3.8) is 0 Å². The number of phenolic OH excluding ortho intramolecular Hbond substituents is 1. The van der Waals surface area contributed by atoms with Crippen LogP contribution in [-0.2, 0) is 29.3 Å². The van der Waals surface area contributed by atoms with Gasteiger partial charge in [0, 0.05) is 30.4 Å². The maximum Gasteiger partial charge on any atom is 0.280 e. The number of benzene rings is 3. The van der Waals surface area contributed by atoms with Crippen molar-refractivity contribution in [1.82, 2.24) is 0 Å². The number of Topliss-reactive ketones (excluding diaryl/α,β-unsaturated/α-hetero) is 1. The van der Waals surface area contributed by atoms with Gasteiger partial charge in [0.05, 0.1) is 21.2 Å². The zero-order valence-corrected chi connectivity index (χ0v) is 21.8. The normalized spacial score (nSPS) is 16.5. The van der Waals surface area contributed by atoms with Crippen molar-refractivity contribution in [3.8, 4) is 5.75 Å². The maximum atomic E-state index is 13.1. The van der Waals surface area contributed by atoms with Gasteiger partial charge in [-0.05, 0) is 60.8 Å². The Balaban J connectivity index is 1.69. The van der Waals surface area contributed by atoms with Crippen LogP contribution in [-0.4, -0.2) is 57.9 Å². The van der Waals surface area contributed by atoms with Crippen LogP contribution in [0.1, 0.15) is 12.5 Å². The summed E-state index contributed by atoms with van der Waals surface area (Å²) in [6, 6.07) is 10.1. The summed E-state index contributed by atoms with van der Waals surface area (Å²) in [6.07, 6.45) is 2.10. The van der Waals surface area contributed by atoms with Gasteiger partial charge in [0.2, 0.25) is 0 Å². The molecule has 1 aliphatic heterocycles. The Kier molecular flexibility index (Phi) is 6.46. The molecule has 192 valence electrons. The lowest BCUT2D eigenvalue weighted by molar-refractivity contribution is -0.118. The van der Waals surface area contributed by atoms with E-state index in [9.17, 15) is 31.5 Å². The molecule has 1 N–H and O–H groups in total. The SMILES string of the molecule is CC(=O)C1=NN(c2ccc(S(C)(=O)=O)cc2)C(=O)C1N=Nc1ccc2c(O)c(C)c(S(C)(=O)=O)cc2c1. The van der Waals surface area contributed by atoms with Crippen molar-refractivity contribution in [2.45, 2.75) is 29.7 Å².